The molecular formula is C20H34O. The average molecular weight is 290 g/mol. The molecule has 0 atom stereocenters. The van der Waals surface area contributed by atoms with E-state index in [1.54, 1.807) is 0 Å². The van der Waals surface area contributed by atoms with Gasteiger partial charge < -0.3 is 4.74 Å². The van der Waals surface area contributed by atoms with Crippen LogP contribution >= 0.6 is 0 Å². The fourth-order valence-electron chi connectivity index (χ4n) is 2.36. The quantitative estimate of drug-likeness (QED) is 0.580. The van der Waals surface area contributed by atoms with Crippen molar-refractivity contribution in [2.45, 2.75) is 72.6 Å². The summed E-state index contributed by atoms with van der Waals surface area (Å²) in [5, 5.41) is 0. The lowest BCUT2D eigenvalue weighted by molar-refractivity contribution is 0.120. The van der Waals surface area contributed by atoms with Crippen molar-refractivity contribution in [1.29, 1.82) is 0 Å². The lowest BCUT2D eigenvalue weighted by atomic mass is 9.86. The first-order valence-electron chi connectivity index (χ1n) is 8.36. The molecule has 1 aromatic carbocycles. The molecule has 1 aromatic rings. The Kier molecular flexibility index (Phi) is 6.93. The summed E-state index contributed by atoms with van der Waals surface area (Å²) in [6.45, 7) is 15.4. The minimum atomic E-state index is 0.245. The van der Waals surface area contributed by atoms with Crippen LogP contribution in [-0.4, -0.2) is 13.2 Å². The molecule has 0 aliphatic heterocycles. The third-order valence-corrected chi connectivity index (χ3v) is 3.79. The molecule has 1 heteroatoms. The maximum Gasteiger partial charge on any atom is 0.0469 e. The Balaban J connectivity index is 2.16. The Morgan fingerprint density at radius 1 is 0.810 bits per heavy atom. The van der Waals surface area contributed by atoms with Crippen LogP contribution < -0.4 is 0 Å². The molecule has 0 aromatic heterocycles. The van der Waals surface area contributed by atoms with Crippen LogP contribution in [0.3, 0.4) is 0 Å². The van der Waals surface area contributed by atoms with Gasteiger partial charge in [-0.05, 0) is 47.6 Å². The summed E-state index contributed by atoms with van der Waals surface area (Å²) >= 11 is 0. The van der Waals surface area contributed by atoms with Gasteiger partial charge in [0.15, 0.2) is 0 Å². The zero-order chi connectivity index (χ0) is 15.9. The molecule has 1 rings (SSSR count). The largest absolute Gasteiger partial charge is 0.381 e. The van der Waals surface area contributed by atoms with Crippen molar-refractivity contribution in [2.75, 3.05) is 13.2 Å². The maximum absolute atomic E-state index is 5.73. The number of hydrogen-bond donors (Lipinski definition) is 0. The van der Waals surface area contributed by atoms with Crippen LogP contribution in [0.4, 0.5) is 0 Å². The summed E-state index contributed by atoms with van der Waals surface area (Å²) < 4.78 is 5.73. The molecule has 0 aliphatic carbocycles. The van der Waals surface area contributed by atoms with Crippen LogP contribution in [0.5, 0.6) is 0 Å². The molecule has 0 aliphatic rings. The van der Waals surface area contributed by atoms with Gasteiger partial charge >= 0.3 is 0 Å². The number of hydrogen-bond acceptors (Lipinski definition) is 1. The highest BCUT2D eigenvalue weighted by molar-refractivity contribution is 5.27. The van der Waals surface area contributed by atoms with Gasteiger partial charge in [0.2, 0.25) is 0 Å². The van der Waals surface area contributed by atoms with Gasteiger partial charge in [-0.1, -0.05) is 65.8 Å². The Labute approximate surface area is 132 Å². The summed E-state index contributed by atoms with van der Waals surface area (Å²) in [5.74, 6) is 0. The molecule has 21 heavy (non-hydrogen) atoms. The van der Waals surface area contributed by atoms with E-state index < -0.39 is 0 Å². The van der Waals surface area contributed by atoms with Crippen molar-refractivity contribution in [3.05, 3.63) is 35.4 Å². The lowest BCUT2D eigenvalue weighted by Gasteiger charge is -2.19. The molecule has 0 saturated carbocycles. The second-order valence-corrected chi connectivity index (χ2v) is 8.33. The topological polar surface area (TPSA) is 9.23 Å². The van der Waals surface area contributed by atoms with Crippen LogP contribution in [0.2, 0.25) is 0 Å². The predicted octanol–water partition coefficient (Wildman–Crippen LogP) is 5.76. The molecule has 0 N–H and O–H groups in total. The van der Waals surface area contributed by atoms with Gasteiger partial charge in [0, 0.05) is 13.2 Å². The van der Waals surface area contributed by atoms with E-state index in [2.05, 4.69) is 65.8 Å². The second-order valence-electron chi connectivity index (χ2n) is 8.33. The summed E-state index contributed by atoms with van der Waals surface area (Å²) in [7, 11) is 0. The molecular weight excluding hydrogens is 256 g/mol. The summed E-state index contributed by atoms with van der Waals surface area (Å²) in [5.41, 5.74) is 3.50. The number of rotatable bonds is 7. The second kappa shape index (κ2) is 7.98. The van der Waals surface area contributed by atoms with E-state index in [1.165, 1.54) is 24.0 Å². The van der Waals surface area contributed by atoms with Gasteiger partial charge in [0.1, 0.15) is 0 Å². The fourth-order valence-corrected chi connectivity index (χ4v) is 2.36. The minimum absolute atomic E-state index is 0.245. The molecule has 120 valence electrons. The van der Waals surface area contributed by atoms with E-state index in [0.29, 0.717) is 5.41 Å². The Hall–Kier alpha value is -0.820. The molecule has 0 unspecified atom stereocenters. The van der Waals surface area contributed by atoms with E-state index in [0.717, 1.165) is 26.1 Å². The van der Waals surface area contributed by atoms with Crippen LogP contribution in [0.25, 0.3) is 0 Å². The molecule has 0 amide bonds. The van der Waals surface area contributed by atoms with Crippen molar-refractivity contribution in [2.24, 2.45) is 5.41 Å². The monoisotopic (exact) mass is 290 g/mol. The Morgan fingerprint density at radius 3 is 1.90 bits per heavy atom. The van der Waals surface area contributed by atoms with E-state index in [9.17, 15) is 0 Å². The van der Waals surface area contributed by atoms with E-state index in [-0.39, 0.29) is 5.41 Å². The molecule has 0 saturated heterocycles. The van der Waals surface area contributed by atoms with Crippen molar-refractivity contribution in [3.8, 4) is 0 Å². The Morgan fingerprint density at radius 2 is 1.38 bits per heavy atom. The van der Waals surface area contributed by atoms with Crippen molar-refractivity contribution in [1.82, 2.24) is 0 Å². The first-order chi connectivity index (χ1) is 9.68. The maximum atomic E-state index is 5.73. The molecule has 0 spiro atoms. The first kappa shape index (κ1) is 18.2. The van der Waals surface area contributed by atoms with Gasteiger partial charge in [0.05, 0.1) is 0 Å². The number of ether oxygens (including phenoxy) is 1. The molecule has 0 radical (unpaired) electrons. The summed E-state index contributed by atoms with van der Waals surface area (Å²) in [6, 6.07) is 9.05. The SMILES string of the molecule is CC(C)(C)CCCOCCCc1ccc(C(C)(C)C)cc1. The van der Waals surface area contributed by atoms with E-state index >= 15 is 0 Å². The zero-order valence-corrected chi connectivity index (χ0v) is 15.0. The smallest absolute Gasteiger partial charge is 0.0469 e. The highest BCUT2D eigenvalue weighted by Gasteiger charge is 2.12. The number of aryl methyl sites for hydroxylation is 1. The number of benzene rings is 1. The normalized spacial score (nSPS) is 12.7. The Bertz CT molecular complexity index is 389. The van der Waals surface area contributed by atoms with Gasteiger partial charge in [-0.3, -0.25) is 0 Å². The molecule has 0 heterocycles. The third-order valence-electron chi connectivity index (χ3n) is 3.79. The van der Waals surface area contributed by atoms with Crippen LogP contribution in [0.15, 0.2) is 24.3 Å². The molecule has 0 fully saturated rings. The van der Waals surface area contributed by atoms with Crippen LogP contribution in [0, 0.1) is 5.41 Å². The van der Waals surface area contributed by atoms with Crippen molar-refractivity contribution >= 4 is 0 Å². The first-order valence-corrected chi connectivity index (χ1v) is 8.36. The average Bonchev–Trinajstić information content (AvgIpc) is 2.36. The molecule has 1 nitrogen and oxygen atoms in total. The summed E-state index contributed by atoms with van der Waals surface area (Å²) in [4.78, 5) is 0. The highest BCUT2D eigenvalue weighted by Crippen LogP contribution is 2.22. The van der Waals surface area contributed by atoms with Gasteiger partial charge in [-0.25, -0.2) is 0 Å². The predicted molar refractivity (Wildman–Crippen MR) is 93.0 cm³/mol. The lowest BCUT2D eigenvalue weighted by Crippen LogP contribution is -2.10. The van der Waals surface area contributed by atoms with Crippen LogP contribution in [0.1, 0.15) is 71.9 Å². The van der Waals surface area contributed by atoms with Crippen molar-refractivity contribution in [3.63, 3.8) is 0 Å². The van der Waals surface area contributed by atoms with E-state index in [1.807, 2.05) is 0 Å². The third kappa shape index (κ3) is 8.26. The van der Waals surface area contributed by atoms with Crippen LogP contribution in [-0.2, 0) is 16.6 Å². The standard InChI is InChI=1S/C20H34O/c1-19(2,3)14-8-16-21-15-7-9-17-10-12-18(13-11-17)20(4,5)6/h10-13H,7-9,14-16H2,1-6H3. The van der Waals surface area contributed by atoms with Crippen molar-refractivity contribution < 1.29 is 4.74 Å². The van der Waals surface area contributed by atoms with E-state index in [4.69, 9.17) is 4.74 Å². The highest BCUT2D eigenvalue weighted by atomic mass is 16.5. The summed E-state index contributed by atoms with van der Waals surface area (Å²) in [6.07, 6.45) is 4.64. The minimum Gasteiger partial charge on any atom is -0.381 e. The van der Waals surface area contributed by atoms with Gasteiger partial charge in [-0.15, -0.1) is 0 Å². The molecule has 0 bridgehead atoms. The van der Waals surface area contributed by atoms with Gasteiger partial charge in [0.25, 0.3) is 0 Å². The zero-order valence-electron chi connectivity index (χ0n) is 15.0. The fraction of sp³-hybridized carbons (Fsp3) is 0.700. The van der Waals surface area contributed by atoms with Gasteiger partial charge in [-0.2, -0.15) is 0 Å².